The number of alkyl carbamates (subject to hydrolysis) is 1. The minimum Gasteiger partial charge on any atom is -0.464 e. The van der Waals surface area contributed by atoms with Crippen molar-refractivity contribution < 1.29 is 19.1 Å². The summed E-state index contributed by atoms with van der Waals surface area (Å²) in [5.74, 6) is 0.168. The van der Waals surface area contributed by atoms with Crippen LogP contribution in [0.15, 0.2) is 0 Å². The molecule has 0 atom stereocenters. The minimum absolute atomic E-state index is 0.144. The first-order valence-electron chi connectivity index (χ1n) is 5.03. The van der Waals surface area contributed by atoms with Gasteiger partial charge < -0.3 is 14.8 Å². The van der Waals surface area contributed by atoms with Crippen LogP contribution in [0.5, 0.6) is 0 Å². The van der Waals surface area contributed by atoms with Crippen molar-refractivity contribution in [3.63, 3.8) is 0 Å². The second-order valence-electron chi connectivity index (χ2n) is 3.60. The van der Waals surface area contributed by atoms with Gasteiger partial charge in [-0.1, -0.05) is 13.8 Å². The highest BCUT2D eigenvalue weighted by Gasteiger charge is 2.05. The first-order valence-corrected chi connectivity index (χ1v) is 5.03. The van der Waals surface area contributed by atoms with Gasteiger partial charge >= 0.3 is 12.1 Å². The SMILES string of the molecule is COC(=O)NCC(=O)OCCCC(C)C. The van der Waals surface area contributed by atoms with Gasteiger partial charge in [-0.25, -0.2) is 4.79 Å². The van der Waals surface area contributed by atoms with Gasteiger partial charge in [0.2, 0.25) is 0 Å². The average molecular weight is 217 g/mol. The Hall–Kier alpha value is -1.26. The summed E-state index contributed by atoms with van der Waals surface area (Å²) in [5, 5.41) is 2.25. The van der Waals surface area contributed by atoms with E-state index in [0.29, 0.717) is 12.5 Å². The van der Waals surface area contributed by atoms with Crippen LogP contribution < -0.4 is 5.32 Å². The number of hydrogen-bond donors (Lipinski definition) is 1. The number of carbonyl (C=O) groups excluding carboxylic acids is 2. The second-order valence-corrected chi connectivity index (χ2v) is 3.60. The lowest BCUT2D eigenvalue weighted by Gasteiger charge is -2.06. The van der Waals surface area contributed by atoms with Crippen LogP contribution in [0, 0.1) is 5.92 Å². The summed E-state index contributed by atoms with van der Waals surface area (Å²) in [7, 11) is 1.24. The fraction of sp³-hybridized carbons (Fsp3) is 0.800. The Morgan fingerprint density at radius 2 is 2.00 bits per heavy atom. The first kappa shape index (κ1) is 13.7. The Bertz CT molecular complexity index is 204. The van der Waals surface area contributed by atoms with Crippen LogP contribution in [-0.2, 0) is 14.3 Å². The van der Waals surface area contributed by atoms with Crippen LogP contribution >= 0.6 is 0 Å². The molecular formula is C10H19NO4. The molecule has 0 radical (unpaired) electrons. The lowest BCUT2D eigenvalue weighted by Crippen LogP contribution is -2.30. The van der Waals surface area contributed by atoms with E-state index < -0.39 is 12.1 Å². The second kappa shape index (κ2) is 8.08. The Morgan fingerprint density at radius 3 is 2.53 bits per heavy atom. The number of rotatable bonds is 6. The molecule has 0 saturated carbocycles. The summed E-state index contributed by atoms with van der Waals surface area (Å²) in [6.45, 7) is 4.48. The highest BCUT2D eigenvalue weighted by molar-refractivity contribution is 5.77. The zero-order chi connectivity index (χ0) is 11.7. The minimum atomic E-state index is -0.630. The number of ether oxygens (including phenoxy) is 2. The zero-order valence-electron chi connectivity index (χ0n) is 9.54. The average Bonchev–Trinajstić information content (AvgIpc) is 2.20. The number of nitrogens with one attached hydrogen (secondary N) is 1. The number of amides is 1. The molecule has 0 spiro atoms. The Morgan fingerprint density at radius 1 is 1.33 bits per heavy atom. The van der Waals surface area contributed by atoms with Crippen molar-refractivity contribution in [1.82, 2.24) is 5.32 Å². The first-order chi connectivity index (χ1) is 7.06. The van der Waals surface area contributed by atoms with Gasteiger partial charge in [-0.05, 0) is 18.8 Å². The molecule has 0 aliphatic heterocycles. The molecule has 88 valence electrons. The molecule has 5 heteroatoms. The van der Waals surface area contributed by atoms with E-state index >= 15 is 0 Å². The summed E-state index contributed by atoms with van der Waals surface area (Å²) in [4.78, 5) is 21.6. The molecule has 0 heterocycles. The molecule has 0 aromatic rings. The Kier molecular flexibility index (Phi) is 7.40. The third-order valence-electron chi connectivity index (χ3n) is 1.75. The molecule has 5 nitrogen and oxygen atoms in total. The van der Waals surface area contributed by atoms with E-state index in [0.717, 1.165) is 12.8 Å². The quantitative estimate of drug-likeness (QED) is 0.538. The van der Waals surface area contributed by atoms with Crippen LogP contribution in [0.3, 0.4) is 0 Å². The van der Waals surface area contributed by atoms with Gasteiger partial charge in [0.05, 0.1) is 13.7 Å². The number of esters is 1. The van der Waals surface area contributed by atoms with Crippen LogP contribution in [0.2, 0.25) is 0 Å². The van der Waals surface area contributed by atoms with Gasteiger partial charge in [-0.3, -0.25) is 4.79 Å². The molecule has 0 aromatic heterocycles. The fourth-order valence-electron chi connectivity index (χ4n) is 0.945. The van der Waals surface area contributed by atoms with Gasteiger partial charge in [-0.2, -0.15) is 0 Å². The summed E-state index contributed by atoms with van der Waals surface area (Å²) < 4.78 is 9.18. The van der Waals surface area contributed by atoms with E-state index in [9.17, 15) is 9.59 Å². The highest BCUT2D eigenvalue weighted by Crippen LogP contribution is 2.02. The fourth-order valence-corrected chi connectivity index (χ4v) is 0.945. The van der Waals surface area contributed by atoms with Crippen molar-refractivity contribution in [3.05, 3.63) is 0 Å². The normalized spacial score (nSPS) is 9.87. The maximum absolute atomic E-state index is 11.0. The molecule has 0 aromatic carbocycles. The van der Waals surface area contributed by atoms with E-state index in [2.05, 4.69) is 23.9 Å². The van der Waals surface area contributed by atoms with Gasteiger partial charge in [0.25, 0.3) is 0 Å². The highest BCUT2D eigenvalue weighted by atomic mass is 16.5. The summed E-state index contributed by atoms with van der Waals surface area (Å²) >= 11 is 0. The van der Waals surface area contributed by atoms with Gasteiger partial charge in [0, 0.05) is 0 Å². The summed E-state index contributed by atoms with van der Waals surface area (Å²) in [6, 6.07) is 0. The van der Waals surface area contributed by atoms with Crippen LogP contribution in [-0.4, -0.2) is 32.3 Å². The smallest absolute Gasteiger partial charge is 0.407 e. The summed E-state index contributed by atoms with van der Waals surface area (Å²) in [6.07, 6.45) is 1.24. The zero-order valence-corrected chi connectivity index (χ0v) is 9.54. The van der Waals surface area contributed by atoms with Crippen LogP contribution in [0.1, 0.15) is 26.7 Å². The van der Waals surface area contributed by atoms with Crippen LogP contribution in [0.4, 0.5) is 4.79 Å². The maximum Gasteiger partial charge on any atom is 0.407 e. The maximum atomic E-state index is 11.0. The number of methoxy groups -OCH3 is 1. The molecule has 0 aliphatic rings. The van der Waals surface area contributed by atoms with Crippen molar-refractivity contribution in [2.75, 3.05) is 20.3 Å². The van der Waals surface area contributed by atoms with Crippen molar-refractivity contribution in [2.24, 2.45) is 5.92 Å². The third-order valence-corrected chi connectivity index (χ3v) is 1.75. The van der Waals surface area contributed by atoms with E-state index in [4.69, 9.17) is 4.74 Å². The molecule has 1 amide bonds. The molecule has 0 fully saturated rings. The van der Waals surface area contributed by atoms with E-state index in [1.807, 2.05) is 0 Å². The van der Waals surface area contributed by atoms with Gasteiger partial charge in [0.15, 0.2) is 0 Å². The lowest BCUT2D eigenvalue weighted by molar-refractivity contribution is -0.142. The predicted molar refractivity (Wildman–Crippen MR) is 55.4 cm³/mol. The molecule has 1 N–H and O–H groups in total. The van der Waals surface area contributed by atoms with Gasteiger partial charge in [-0.15, -0.1) is 0 Å². The predicted octanol–water partition coefficient (Wildman–Crippen LogP) is 1.32. The van der Waals surface area contributed by atoms with Crippen molar-refractivity contribution in [1.29, 1.82) is 0 Å². The number of carbonyl (C=O) groups is 2. The summed E-state index contributed by atoms with van der Waals surface area (Å²) in [5.41, 5.74) is 0. The van der Waals surface area contributed by atoms with Crippen LogP contribution in [0.25, 0.3) is 0 Å². The topological polar surface area (TPSA) is 64.6 Å². The molecule has 0 unspecified atom stereocenters. The largest absolute Gasteiger partial charge is 0.464 e. The Labute approximate surface area is 90.1 Å². The number of hydrogen-bond acceptors (Lipinski definition) is 4. The molecule has 0 saturated heterocycles. The van der Waals surface area contributed by atoms with E-state index in [1.165, 1.54) is 7.11 Å². The van der Waals surface area contributed by atoms with Crippen molar-refractivity contribution >= 4 is 12.1 Å². The van der Waals surface area contributed by atoms with E-state index in [-0.39, 0.29) is 6.54 Å². The monoisotopic (exact) mass is 217 g/mol. The van der Waals surface area contributed by atoms with Crippen molar-refractivity contribution in [3.8, 4) is 0 Å². The Balaban J connectivity index is 3.37. The molecular weight excluding hydrogens is 198 g/mol. The molecule has 0 rings (SSSR count). The molecule has 0 aliphatic carbocycles. The van der Waals surface area contributed by atoms with Gasteiger partial charge in [0.1, 0.15) is 6.54 Å². The third kappa shape index (κ3) is 9.05. The standard InChI is InChI=1S/C10H19NO4/c1-8(2)5-4-6-15-9(12)7-11-10(13)14-3/h8H,4-7H2,1-3H3,(H,11,13). The van der Waals surface area contributed by atoms with Crippen molar-refractivity contribution in [2.45, 2.75) is 26.7 Å². The lowest BCUT2D eigenvalue weighted by atomic mass is 10.1. The van der Waals surface area contributed by atoms with E-state index in [1.54, 1.807) is 0 Å². The molecule has 15 heavy (non-hydrogen) atoms. The molecule has 0 bridgehead atoms.